The van der Waals surface area contributed by atoms with Crippen LogP contribution in [0, 0.1) is 0 Å². The van der Waals surface area contributed by atoms with E-state index in [-0.39, 0.29) is 17.0 Å². The largest absolute Gasteiger partial charge is 0.496 e. The lowest BCUT2D eigenvalue weighted by Crippen LogP contribution is -2.15. The number of rotatable bonds is 4. The molecule has 0 heterocycles. The minimum absolute atomic E-state index is 0.0103. The molecule has 0 aliphatic rings. The summed E-state index contributed by atoms with van der Waals surface area (Å²) in [4.78, 5) is 11.0. The Morgan fingerprint density at radius 1 is 1.50 bits per heavy atom. The van der Waals surface area contributed by atoms with E-state index in [0.29, 0.717) is 0 Å². The number of nitrogens with one attached hydrogen (secondary N) is 1. The minimum Gasteiger partial charge on any atom is -0.496 e. The third-order valence-corrected chi connectivity index (χ3v) is 2.21. The van der Waals surface area contributed by atoms with Gasteiger partial charge in [-0.1, -0.05) is 0 Å². The van der Waals surface area contributed by atoms with Crippen LogP contribution >= 0.6 is 0 Å². The number of ether oxygens (including phenoxy) is 1. The van der Waals surface area contributed by atoms with Gasteiger partial charge in [-0.05, 0) is 18.2 Å². The highest BCUT2D eigenvalue weighted by molar-refractivity contribution is 7.87. The summed E-state index contributed by atoms with van der Waals surface area (Å²) in [6.45, 7) is 0. The average molecular weight is 246 g/mol. The monoisotopic (exact) mass is 246 g/mol. The zero-order chi connectivity index (χ0) is 12.3. The first-order chi connectivity index (χ1) is 7.33. The zero-order valence-corrected chi connectivity index (χ0v) is 9.11. The molecule has 4 N–H and O–H groups in total. The lowest BCUT2D eigenvalue weighted by molar-refractivity contribution is 0.0997. The number of methoxy groups -OCH3 is 1. The molecular weight excluding hydrogens is 236 g/mol. The average Bonchev–Trinajstić information content (AvgIpc) is 2.15. The molecule has 1 amide bonds. The minimum atomic E-state index is -4.38. The Morgan fingerprint density at radius 2 is 2.12 bits per heavy atom. The molecule has 1 aromatic rings. The summed E-state index contributed by atoms with van der Waals surface area (Å²) in [6, 6.07) is 3.83. The Hall–Kier alpha value is -1.80. The fourth-order valence-corrected chi connectivity index (χ4v) is 1.54. The van der Waals surface area contributed by atoms with E-state index < -0.39 is 16.2 Å². The highest BCUT2D eigenvalue weighted by Crippen LogP contribution is 2.22. The summed E-state index contributed by atoms with van der Waals surface area (Å²) in [6.07, 6.45) is 0. The lowest BCUT2D eigenvalue weighted by atomic mass is 10.1. The van der Waals surface area contributed by atoms with Crippen LogP contribution in [0.15, 0.2) is 18.2 Å². The van der Waals surface area contributed by atoms with E-state index in [2.05, 4.69) is 0 Å². The molecule has 0 spiro atoms. The Morgan fingerprint density at radius 3 is 2.56 bits per heavy atom. The molecule has 0 fully saturated rings. The number of benzene rings is 1. The number of hydrogen-bond acceptors (Lipinski definition) is 4. The van der Waals surface area contributed by atoms with Gasteiger partial charge in [-0.2, -0.15) is 8.42 Å². The molecule has 8 heteroatoms. The molecule has 0 atom stereocenters. The van der Waals surface area contributed by atoms with E-state index in [9.17, 15) is 13.2 Å². The third-order valence-electron chi connectivity index (χ3n) is 1.71. The van der Waals surface area contributed by atoms with Crippen molar-refractivity contribution in [1.29, 1.82) is 0 Å². The van der Waals surface area contributed by atoms with Crippen molar-refractivity contribution < 1.29 is 22.5 Å². The van der Waals surface area contributed by atoms with Gasteiger partial charge in [-0.25, -0.2) is 0 Å². The van der Waals surface area contributed by atoms with Gasteiger partial charge in [0, 0.05) is 0 Å². The predicted molar refractivity (Wildman–Crippen MR) is 56.7 cm³/mol. The molecular formula is C8H10N2O5S. The zero-order valence-electron chi connectivity index (χ0n) is 8.30. The summed E-state index contributed by atoms with van der Waals surface area (Å²) in [5, 5.41) is 0. The molecule has 0 saturated carbocycles. The third kappa shape index (κ3) is 3.11. The molecule has 0 aliphatic heterocycles. The maximum absolute atomic E-state index is 11.0. The normalized spacial score (nSPS) is 10.9. The van der Waals surface area contributed by atoms with Crippen LogP contribution < -0.4 is 15.2 Å². The molecule has 0 aromatic heterocycles. The van der Waals surface area contributed by atoms with Crippen LogP contribution in [-0.2, 0) is 10.3 Å². The lowest BCUT2D eigenvalue weighted by Gasteiger charge is -2.08. The summed E-state index contributed by atoms with van der Waals surface area (Å²) >= 11 is 0. The van der Waals surface area contributed by atoms with Gasteiger partial charge >= 0.3 is 10.3 Å². The fourth-order valence-electron chi connectivity index (χ4n) is 1.11. The van der Waals surface area contributed by atoms with Crippen molar-refractivity contribution in [2.45, 2.75) is 0 Å². The van der Waals surface area contributed by atoms with Gasteiger partial charge < -0.3 is 10.5 Å². The first kappa shape index (κ1) is 12.3. The van der Waals surface area contributed by atoms with Crippen LogP contribution in [0.1, 0.15) is 10.4 Å². The second-order valence-corrected chi connectivity index (χ2v) is 4.01. The summed E-state index contributed by atoms with van der Waals surface area (Å²) in [5.41, 5.74) is 5.09. The topological polar surface area (TPSA) is 119 Å². The van der Waals surface area contributed by atoms with Crippen molar-refractivity contribution in [3.63, 3.8) is 0 Å². The Balaban J connectivity index is 3.17. The number of primary amides is 1. The van der Waals surface area contributed by atoms with Crippen molar-refractivity contribution in [3.8, 4) is 5.75 Å². The van der Waals surface area contributed by atoms with E-state index >= 15 is 0 Å². The van der Waals surface area contributed by atoms with Crippen molar-refractivity contribution >= 4 is 21.9 Å². The van der Waals surface area contributed by atoms with E-state index in [1.54, 1.807) is 4.72 Å². The molecule has 1 rings (SSSR count). The second-order valence-electron chi connectivity index (χ2n) is 2.86. The Labute approximate surface area is 92.1 Å². The molecule has 0 unspecified atom stereocenters. The van der Waals surface area contributed by atoms with Crippen LogP contribution in [-0.4, -0.2) is 26.0 Å². The smallest absolute Gasteiger partial charge is 0.357 e. The van der Waals surface area contributed by atoms with Crippen molar-refractivity contribution in [3.05, 3.63) is 23.8 Å². The van der Waals surface area contributed by atoms with E-state index in [4.69, 9.17) is 15.0 Å². The Bertz CT molecular complexity index is 511. The fraction of sp³-hybridized carbons (Fsp3) is 0.125. The number of carbonyl (C=O) groups excluding carboxylic acids is 1. The van der Waals surface area contributed by atoms with Crippen LogP contribution in [0.2, 0.25) is 0 Å². The van der Waals surface area contributed by atoms with Gasteiger partial charge in [0.1, 0.15) is 5.75 Å². The van der Waals surface area contributed by atoms with Crippen LogP contribution in [0.25, 0.3) is 0 Å². The van der Waals surface area contributed by atoms with E-state index in [0.717, 1.165) is 6.07 Å². The van der Waals surface area contributed by atoms with Gasteiger partial charge in [0.2, 0.25) is 0 Å². The first-order valence-electron chi connectivity index (χ1n) is 4.06. The second kappa shape index (κ2) is 4.37. The highest BCUT2D eigenvalue weighted by Gasteiger charge is 2.11. The molecule has 0 radical (unpaired) electrons. The molecule has 0 saturated heterocycles. The van der Waals surface area contributed by atoms with Crippen molar-refractivity contribution in [1.82, 2.24) is 0 Å². The molecule has 1 aromatic carbocycles. The maximum Gasteiger partial charge on any atom is 0.357 e. The van der Waals surface area contributed by atoms with E-state index in [1.807, 2.05) is 0 Å². The maximum atomic E-state index is 11.0. The summed E-state index contributed by atoms with van der Waals surface area (Å²) in [7, 11) is -3.04. The van der Waals surface area contributed by atoms with Crippen LogP contribution in [0.4, 0.5) is 5.69 Å². The number of amides is 1. The number of carbonyl (C=O) groups is 1. The van der Waals surface area contributed by atoms with Gasteiger partial charge in [0.25, 0.3) is 5.91 Å². The SMILES string of the molecule is COc1ccc(NS(=O)(=O)O)cc1C(N)=O. The standard InChI is InChI=1S/C8H10N2O5S/c1-15-7-3-2-5(10-16(12,13)14)4-6(7)8(9)11/h2-4,10H,1H3,(H2,9,11)(H,12,13,14). The van der Waals surface area contributed by atoms with Gasteiger partial charge in [-0.3, -0.25) is 14.1 Å². The molecule has 7 nitrogen and oxygen atoms in total. The van der Waals surface area contributed by atoms with Crippen molar-refractivity contribution in [2.24, 2.45) is 5.73 Å². The highest BCUT2D eigenvalue weighted by atomic mass is 32.2. The number of anilines is 1. The van der Waals surface area contributed by atoms with Crippen LogP contribution in [0.5, 0.6) is 5.75 Å². The summed E-state index contributed by atoms with van der Waals surface area (Å²) < 4.78 is 36.3. The van der Waals surface area contributed by atoms with Gasteiger partial charge in [0.15, 0.2) is 0 Å². The van der Waals surface area contributed by atoms with Gasteiger partial charge in [-0.15, -0.1) is 0 Å². The van der Waals surface area contributed by atoms with E-state index in [1.165, 1.54) is 19.2 Å². The molecule has 0 bridgehead atoms. The first-order valence-corrected chi connectivity index (χ1v) is 5.50. The quantitative estimate of drug-likeness (QED) is 0.646. The number of nitrogens with two attached hydrogens (primary N) is 1. The predicted octanol–water partition coefficient (Wildman–Crippen LogP) is 0.00880. The summed E-state index contributed by atoms with van der Waals surface area (Å²) in [5.74, 6) is -0.552. The Kier molecular flexibility index (Phi) is 3.35. The number of hydrogen-bond donors (Lipinski definition) is 3. The molecule has 0 aliphatic carbocycles. The van der Waals surface area contributed by atoms with Crippen LogP contribution in [0.3, 0.4) is 0 Å². The molecule has 88 valence electrons. The molecule has 16 heavy (non-hydrogen) atoms. The van der Waals surface area contributed by atoms with Crippen molar-refractivity contribution in [2.75, 3.05) is 11.8 Å². The van der Waals surface area contributed by atoms with Gasteiger partial charge in [0.05, 0.1) is 18.4 Å².